The van der Waals surface area contributed by atoms with Gasteiger partial charge >= 0.3 is 11.7 Å². The summed E-state index contributed by atoms with van der Waals surface area (Å²) in [5.74, 6) is -1.53. The van der Waals surface area contributed by atoms with Crippen LogP contribution in [-0.2, 0) is 11.3 Å². The second kappa shape index (κ2) is 5.48. The SMILES string of the molecule is COC(=O)c1ccc2c(c1)oc(=O)n2Cc1ccccc1F. The zero-order valence-corrected chi connectivity index (χ0v) is 11.7. The van der Waals surface area contributed by atoms with Crippen molar-refractivity contribution < 1.29 is 18.3 Å². The van der Waals surface area contributed by atoms with Crippen molar-refractivity contribution in [2.45, 2.75) is 6.54 Å². The van der Waals surface area contributed by atoms with Gasteiger partial charge in [-0.1, -0.05) is 18.2 Å². The predicted molar refractivity (Wildman–Crippen MR) is 77.3 cm³/mol. The summed E-state index contributed by atoms with van der Waals surface area (Å²) >= 11 is 0. The molecule has 0 aliphatic heterocycles. The number of benzene rings is 2. The smallest absolute Gasteiger partial charge is 0.420 e. The molecule has 1 aromatic heterocycles. The Bertz CT molecular complexity index is 910. The summed E-state index contributed by atoms with van der Waals surface area (Å²) in [6, 6.07) is 10.7. The minimum Gasteiger partial charge on any atom is -0.465 e. The van der Waals surface area contributed by atoms with Crippen LogP contribution >= 0.6 is 0 Å². The minimum absolute atomic E-state index is 0.0517. The van der Waals surface area contributed by atoms with Crippen molar-refractivity contribution in [2.24, 2.45) is 0 Å². The molecule has 0 amide bonds. The van der Waals surface area contributed by atoms with Crippen molar-refractivity contribution >= 4 is 17.1 Å². The average Bonchev–Trinajstić information content (AvgIpc) is 2.83. The highest BCUT2D eigenvalue weighted by Crippen LogP contribution is 2.18. The topological polar surface area (TPSA) is 61.4 Å². The van der Waals surface area contributed by atoms with Crippen LogP contribution in [0.5, 0.6) is 0 Å². The fourth-order valence-corrected chi connectivity index (χ4v) is 2.26. The van der Waals surface area contributed by atoms with Crippen molar-refractivity contribution in [3.63, 3.8) is 0 Å². The molecule has 0 spiro atoms. The molecule has 0 fully saturated rings. The fourth-order valence-electron chi connectivity index (χ4n) is 2.26. The molecule has 2 aromatic carbocycles. The molecule has 1 heterocycles. The van der Waals surface area contributed by atoms with Gasteiger partial charge < -0.3 is 9.15 Å². The number of halogens is 1. The molecule has 0 aliphatic carbocycles. The number of hydrogen-bond acceptors (Lipinski definition) is 4. The van der Waals surface area contributed by atoms with Gasteiger partial charge in [0.15, 0.2) is 5.58 Å². The molecule has 0 bridgehead atoms. The molecule has 6 heteroatoms. The van der Waals surface area contributed by atoms with E-state index < -0.39 is 17.5 Å². The molecule has 0 radical (unpaired) electrons. The Morgan fingerprint density at radius 2 is 2.05 bits per heavy atom. The lowest BCUT2D eigenvalue weighted by Crippen LogP contribution is -2.15. The summed E-state index contributed by atoms with van der Waals surface area (Å²) in [4.78, 5) is 23.4. The molecule has 0 aliphatic rings. The van der Waals surface area contributed by atoms with Gasteiger partial charge in [-0.15, -0.1) is 0 Å². The highest BCUT2D eigenvalue weighted by atomic mass is 19.1. The molecule has 3 aromatic rings. The number of carbonyl (C=O) groups excluding carboxylic acids is 1. The van der Waals surface area contributed by atoms with E-state index in [1.54, 1.807) is 24.3 Å². The first-order valence-corrected chi connectivity index (χ1v) is 6.55. The maximum absolute atomic E-state index is 13.7. The van der Waals surface area contributed by atoms with E-state index in [0.29, 0.717) is 11.1 Å². The molecule has 22 heavy (non-hydrogen) atoms. The standard InChI is InChI=1S/C16H12FNO4/c1-21-15(19)10-6-7-13-14(8-10)22-16(20)18(13)9-11-4-2-3-5-12(11)17/h2-8H,9H2,1H3. The van der Waals surface area contributed by atoms with Gasteiger partial charge in [0, 0.05) is 5.56 Å². The molecular formula is C16H12FNO4. The summed E-state index contributed by atoms with van der Waals surface area (Å²) < 4.78 is 24.8. The van der Waals surface area contributed by atoms with Crippen molar-refractivity contribution in [3.8, 4) is 0 Å². The van der Waals surface area contributed by atoms with Gasteiger partial charge in [-0.05, 0) is 24.3 Å². The largest absolute Gasteiger partial charge is 0.465 e. The number of rotatable bonds is 3. The quantitative estimate of drug-likeness (QED) is 0.698. The lowest BCUT2D eigenvalue weighted by Gasteiger charge is -2.04. The second-order valence-electron chi connectivity index (χ2n) is 4.72. The number of nitrogens with zero attached hydrogens (tertiary/aromatic N) is 1. The van der Waals surface area contributed by atoms with Crippen LogP contribution in [0.25, 0.3) is 11.1 Å². The van der Waals surface area contributed by atoms with Crippen molar-refractivity contribution in [2.75, 3.05) is 7.11 Å². The first-order chi connectivity index (χ1) is 10.6. The highest BCUT2D eigenvalue weighted by Gasteiger charge is 2.14. The van der Waals surface area contributed by atoms with E-state index in [2.05, 4.69) is 4.74 Å². The monoisotopic (exact) mass is 301 g/mol. The number of fused-ring (bicyclic) bond motifs is 1. The number of esters is 1. The molecule has 0 saturated carbocycles. The Labute approximate surface area is 124 Å². The van der Waals surface area contributed by atoms with Crippen LogP contribution in [-0.4, -0.2) is 17.6 Å². The van der Waals surface area contributed by atoms with Gasteiger partial charge in [0.2, 0.25) is 0 Å². The molecule has 0 N–H and O–H groups in total. The third kappa shape index (κ3) is 2.39. The van der Waals surface area contributed by atoms with Crippen LogP contribution in [0.2, 0.25) is 0 Å². The van der Waals surface area contributed by atoms with Crippen LogP contribution < -0.4 is 5.76 Å². The molecule has 0 unspecified atom stereocenters. The fraction of sp³-hybridized carbons (Fsp3) is 0.125. The van der Waals surface area contributed by atoms with E-state index in [9.17, 15) is 14.0 Å². The number of carbonyl (C=O) groups is 1. The number of hydrogen-bond donors (Lipinski definition) is 0. The van der Waals surface area contributed by atoms with Crippen LogP contribution in [0.4, 0.5) is 4.39 Å². The van der Waals surface area contributed by atoms with E-state index >= 15 is 0 Å². The minimum atomic E-state index is -0.611. The summed E-state index contributed by atoms with van der Waals surface area (Å²) in [7, 11) is 1.27. The molecule has 0 atom stereocenters. The Balaban J connectivity index is 2.07. The summed E-state index contributed by atoms with van der Waals surface area (Å²) in [6.45, 7) is 0.0517. The van der Waals surface area contributed by atoms with E-state index in [4.69, 9.17) is 4.42 Å². The van der Waals surface area contributed by atoms with Gasteiger partial charge in [-0.3, -0.25) is 4.57 Å². The maximum Gasteiger partial charge on any atom is 0.420 e. The van der Waals surface area contributed by atoms with Gasteiger partial charge in [-0.2, -0.15) is 0 Å². The number of methoxy groups -OCH3 is 1. The molecular weight excluding hydrogens is 289 g/mol. The Morgan fingerprint density at radius 1 is 1.27 bits per heavy atom. The Hall–Kier alpha value is -2.89. The van der Waals surface area contributed by atoms with Crippen molar-refractivity contribution in [1.82, 2.24) is 4.57 Å². The van der Waals surface area contributed by atoms with Crippen LogP contribution in [0.1, 0.15) is 15.9 Å². The lowest BCUT2D eigenvalue weighted by atomic mass is 10.2. The average molecular weight is 301 g/mol. The van der Waals surface area contributed by atoms with Crippen LogP contribution in [0.3, 0.4) is 0 Å². The van der Waals surface area contributed by atoms with E-state index in [-0.39, 0.29) is 17.7 Å². The number of aromatic nitrogens is 1. The first-order valence-electron chi connectivity index (χ1n) is 6.55. The Morgan fingerprint density at radius 3 is 2.77 bits per heavy atom. The zero-order valence-electron chi connectivity index (χ0n) is 11.7. The van der Waals surface area contributed by atoms with Crippen molar-refractivity contribution in [1.29, 1.82) is 0 Å². The molecule has 5 nitrogen and oxygen atoms in total. The van der Waals surface area contributed by atoms with Crippen LogP contribution in [0.15, 0.2) is 51.7 Å². The van der Waals surface area contributed by atoms with E-state index in [0.717, 1.165) is 0 Å². The molecule has 112 valence electrons. The molecule has 0 saturated heterocycles. The lowest BCUT2D eigenvalue weighted by molar-refractivity contribution is 0.0601. The van der Waals surface area contributed by atoms with Gasteiger partial charge in [-0.25, -0.2) is 14.0 Å². The summed E-state index contributed by atoms with van der Waals surface area (Å²) in [6.07, 6.45) is 0. The number of ether oxygens (including phenoxy) is 1. The second-order valence-corrected chi connectivity index (χ2v) is 4.72. The number of oxazole rings is 1. The van der Waals surface area contributed by atoms with Gasteiger partial charge in [0.25, 0.3) is 0 Å². The predicted octanol–water partition coefficient (Wildman–Crippen LogP) is 2.57. The molecule has 3 rings (SSSR count). The van der Waals surface area contributed by atoms with E-state index in [1.807, 2.05) is 0 Å². The normalized spacial score (nSPS) is 10.8. The summed E-state index contributed by atoms with van der Waals surface area (Å²) in [5.41, 5.74) is 1.40. The summed E-state index contributed by atoms with van der Waals surface area (Å²) in [5, 5.41) is 0. The maximum atomic E-state index is 13.7. The van der Waals surface area contributed by atoms with E-state index in [1.165, 1.54) is 29.9 Å². The highest BCUT2D eigenvalue weighted by molar-refractivity contribution is 5.93. The van der Waals surface area contributed by atoms with Gasteiger partial charge in [0.1, 0.15) is 5.82 Å². The van der Waals surface area contributed by atoms with Gasteiger partial charge in [0.05, 0.1) is 24.7 Å². The first kappa shape index (κ1) is 14.1. The van der Waals surface area contributed by atoms with Crippen LogP contribution in [0, 0.1) is 5.82 Å². The third-order valence-corrected chi connectivity index (χ3v) is 3.38. The zero-order chi connectivity index (χ0) is 15.7. The third-order valence-electron chi connectivity index (χ3n) is 3.38. The van der Waals surface area contributed by atoms with Crippen molar-refractivity contribution in [3.05, 3.63) is 70.0 Å². The Kier molecular flexibility index (Phi) is 3.50.